The molecule has 0 saturated carbocycles. The smallest absolute Gasteiger partial charge is 0.213 e. The van der Waals surface area contributed by atoms with Crippen molar-refractivity contribution >= 4 is 43.1 Å². The summed E-state index contributed by atoms with van der Waals surface area (Å²) in [5.41, 5.74) is 7.46. The van der Waals surface area contributed by atoms with Crippen molar-refractivity contribution in [3.8, 4) is 21.8 Å². The quantitative estimate of drug-likeness (QED) is 0.231. The van der Waals surface area contributed by atoms with Crippen LogP contribution in [0.4, 0.5) is 0 Å². The minimum absolute atomic E-state index is 0.0489. The number of benzene rings is 4. The highest BCUT2D eigenvalue weighted by molar-refractivity contribution is 7.21. The average molecular weight is 474 g/mol. The largest absolute Gasteiger partial charge is 0.236 e. The van der Waals surface area contributed by atoms with Crippen molar-refractivity contribution in [2.45, 2.75) is 33.1 Å². The summed E-state index contributed by atoms with van der Waals surface area (Å²) in [6, 6.07) is 28.7. The summed E-state index contributed by atoms with van der Waals surface area (Å²) in [4.78, 5) is 5.04. The van der Waals surface area contributed by atoms with Gasteiger partial charge in [-0.2, -0.15) is 0 Å². The van der Waals surface area contributed by atoms with E-state index < -0.39 is 0 Å². The zero-order valence-corrected chi connectivity index (χ0v) is 21.7. The molecular formula is C32H29N2S+. The van der Waals surface area contributed by atoms with E-state index in [4.69, 9.17) is 4.98 Å². The molecule has 0 aliphatic rings. The second-order valence-electron chi connectivity index (χ2n) is 10.5. The number of fused-ring (bicyclic) bond motifs is 3. The van der Waals surface area contributed by atoms with Crippen LogP contribution in [0.3, 0.4) is 0 Å². The Bertz CT molecular complexity index is 1700. The Morgan fingerprint density at radius 3 is 2.23 bits per heavy atom. The van der Waals surface area contributed by atoms with E-state index in [2.05, 4.69) is 124 Å². The summed E-state index contributed by atoms with van der Waals surface area (Å²) in [5, 5.41) is 6.23. The first-order valence-corrected chi connectivity index (χ1v) is 12.9. The monoisotopic (exact) mass is 473 g/mol. The van der Waals surface area contributed by atoms with Gasteiger partial charge in [-0.15, -0.1) is 11.3 Å². The molecule has 0 radical (unpaired) electrons. The van der Waals surface area contributed by atoms with Gasteiger partial charge in [0.1, 0.15) is 12.1 Å². The number of hydrogen-bond acceptors (Lipinski definition) is 2. The van der Waals surface area contributed by atoms with Gasteiger partial charge < -0.3 is 0 Å². The Kier molecular flexibility index (Phi) is 5.01. The van der Waals surface area contributed by atoms with Gasteiger partial charge in [0.25, 0.3) is 0 Å². The highest BCUT2D eigenvalue weighted by Crippen LogP contribution is 2.38. The SMILES string of the molecule is Cc1c(-c2cc(-c3nc4cc5ccccc5cc4s3)cc[n+]2C)cc(C(C)(C)C)c2ccccc12. The number of thiazole rings is 1. The van der Waals surface area contributed by atoms with Crippen molar-refractivity contribution in [1.29, 1.82) is 0 Å². The number of pyridine rings is 1. The highest BCUT2D eigenvalue weighted by atomic mass is 32.1. The average Bonchev–Trinajstić information content (AvgIpc) is 3.25. The van der Waals surface area contributed by atoms with E-state index in [0.29, 0.717) is 0 Å². The number of nitrogens with zero attached hydrogens (tertiary/aromatic N) is 2. The first kappa shape index (κ1) is 21.9. The van der Waals surface area contributed by atoms with Crippen molar-refractivity contribution in [2.75, 3.05) is 0 Å². The standard InChI is InChI=1S/C32H29N2S/c1-20-24-12-8-9-13-25(24)27(32(2,3)4)19-26(20)29-17-23(14-15-34(29)5)31-33-28-16-21-10-6-7-11-22(21)18-30(28)35-31/h6-19H,1-5H3/q+1. The molecule has 0 saturated heterocycles. The highest BCUT2D eigenvalue weighted by Gasteiger charge is 2.23. The number of hydrogen-bond donors (Lipinski definition) is 0. The summed E-state index contributed by atoms with van der Waals surface area (Å²) < 4.78 is 3.46. The van der Waals surface area contributed by atoms with Crippen LogP contribution in [-0.2, 0) is 12.5 Å². The fourth-order valence-electron chi connectivity index (χ4n) is 5.11. The predicted octanol–water partition coefficient (Wildman–Crippen LogP) is 8.37. The van der Waals surface area contributed by atoms with Crippen LogP contribution in [0.2, 0.25) is 0 Å². The van der Waals surface area contributed by atoms with E-state index in [1.807, 2.05) is 0 Å². The zero-order chi connectivity index (χ0) is 24.3. The first-order valence-electron chi connectivity index (χ1n) is 12.1. The summed E-state index contributed by atoms with van der Waals surface area (Å²) in [6.45, 7) is 9.15. The third-order valence-corrected chi connectivity index (χ3v) is 8.12. The normalized spacial score (nSPS) is 12.1. The lowest BCUT2D eigenvalue weighted by Crippen LogP contribution is -2.30. The maximum absolute atomic E-state index is 5.04. The molecule has 0 spiro atoms. The molecule has 0 aliphatic heterocycles. The van der Waals surface area contributed by atoms with Crippen LogP contribution < -0.4 is 4.57 Å². The van der Waals surface area contributed by atoms with Crippen LogP contribution in [0, 0.1) is 6.92 Å². The van der Waals surface area contributed by atoms with Gasteiger partial charge in [-0.1, -0.05) is 69.3 Å². The van der Waals surface area contributed by atoms with E-state index in [-0.39, 0.29) is 5.41 Å². The number of aromatic nitrogens is 2. The minimum atomic E-state index is 0.0489. The Morgan fingerprint density at radius 1 is 0.800 bits per heavy atom. The van der Waals surface area contributed by atoms with Crippen molar-refractivity contribution < 1.29 is 4.57 Å². The molecule has 6 aromatic rings. The molecule has 2 heterocycles. The fraction of sp³-hybridized carbons (Fsp3) is 0.188. The van der Waals surface area contributed by atoms with Crippen LogP contribution in [0.15, 0.2) is 85.1 Å². The zero-order valence-electron chi connectivity index (χ0n) is 20.9. The van der Waals surface area contributed by atoms with Gasteiger partial charge in [0, 0.05) is 23.3 Å². The molecular weight excluding hydrogens is 444 g/mol. The van der Waals surface area contributed by atoms with Crippen LogP contribution in [0.25, 0.3) is 53.6 Å². The Hall–Kier alpha value is -3.56. The van der Waals surface area contributed by atoms with Crippen molar-refractivity contribution in [3.05, 3.63) is 96.2 Å². The molecule has 0 fully saturated rings. The molecule has 0 N–H and O–H groups in total. The summed E-state index contributed by atoms with van der Waals surface area (Å²) in [6.07, 6.45) is 2.17. The Labute approximate surface area is 210 Å². The topological polar surface area (TPSA) is 16.8 Å². The number of rotatable bonds is 2. The van der Waals surface area contributed by atoms with Crippen LogP contribution >= 0.6 is 11.3 Å². The first-order chi connectivity index (χ1) is 16.8. The lowest BCUT2D eigenvalue weighted by molar-refractivity contribution is -0.660. The van der Waals surface area contributed by atoms with Crippen molar-refractivity contribution in [2.24, 2.45) is 7.05 Å². The molecule has 6 rings (SSSR count). The van der Waals surface area contributed by atoms with Crippen LogP contribution in [0.1, 0.15) is 31.9 Å². The molecule has 2 nitrogen and oxygen atoms in total. The van der Waals surface area contributed by atoms with Crippen LogP contribution in [0.5, 0.6) is 0 Å². The molecule has 172 valence electrons. The molecule has 35 heavy (non-hydrogen) atoms. The van der Waals surface area contributed by atoms with Gasteiger partial charge >= 0.3 is 0 Å². The summed E-state index contributed by atoms with van der Waals surface area (Å²) >= 11 is 1.77. The van der Waals surface area contributed by atoms with Gasteiger partial charge in [0.05, 0.1) is 10.2 Å². The maximum atomic E-state index is 5.04. The molecule has 2 aromatic heterocycles. The third kappa shape index (κ3) is 3.71. The Morgan fingerprint density at radius 2 is 1.49 bits per heavy atom. The van der Waals surface area contributed by atoms with Gasteiger partial charge in [-0.3, -0.25) is 0 Å². The van der Waals surface area contributed by atoms with E-state index in [9.17, 15) is 0 Å². The van der Waals surface area contributed by atoms with Crippen molar-refractivity contribution in [3.63, 3.8) is 0 Å². The van der Waals surface area contributed by atoms with Gasteiger partial charge in [-0.25, -0.2) is 9.55 Å². The lowest BCUT2D eigenvalue weighted by Gasteiger charge is -2.23. The molecule has 0 aliphatic carbocycles. The molecule has 4 aromatic carbocycles. The minimum Gasteiger partial charge on any atom is -0.236 e. The van der Waals surface area contributed by atoms with Gasteiger partial charge in [-0.05, 0) is 63.2 Å². The molecule has 0 amide bonds. The maximum Gasteiger partial charge on any atom is 0.213 e. The predicted molar refractivity (Wildman–Crippen MR) is 150 cm³/mol. The second kappa shape index (κ2) is 8.00. The molecule has 0 atom stereocenters. The second-order valence-corrected chi connectivity index (χ2v) is 11.5. The van der Waals surface area contributed by atoms with Gasteiger partial charge in [0.2, 0.25) is 5.69 Å². The van der Waals surface area contributed by atoms with Crippen LogP contribution in [-0.4, -0.2) is 4.98 Å². The van der Waals surface area contributed by atoms with E-state index in [0.717, 1.165) is 16.1 Å². The molecule has 3 heteroatoms. The van der Waals surface area contributed by atoms with E-state index in [1.54, 1.807) is 11.3 Å². The molecule has 0 unspecified atom stereocenters. The lowest BCUT2D eigenvalue weighted by atomic mass is 9.80. The molecule has 0 bridgehead atoms. The van der Waals surface area contributed by atoms with Crippen molar-refractivity contribution in [1.82, 2.24) is 4.98 Å². The summed E-state index contributed by atoms with van der Waals surface area (Å²) in [7, 11) is 2.13. The third-order valence-electron chi connectivity index (χ3n) is 7.05. The van der Waals surface area contributed by atoms with E-state index >= 15 is 0 Å². The van der Waals surface area contributed by atoms with E-state index in [1.165, 1.54) is 48.6 Å². The summed E-state index contributed by atoms with van der Waals surface area (Å²) in [5.74, 6) is 0. The number of aryl methyl sites for hydroxylation is 2. The Balaban J connectivity index is 1.55. The fourth-order valence-corrected chi connectivity index (χ4v) is 6.11. The van der Waals surface area contributed by atoms with Gasteiger partial charge in [0.15, 0.2) is 6.20 Å².